The Bertz CT molecular complexity index is 652. The van der Waals surface area contributed by atoms with Gasteiger partial charge in [0.15, 0.2) is 0 Å². The van der Waals surface area contributed by atoms with E-state index < -0.39 is 12.0 Å². The summed E-state index contributed by atoms with van der Waals surface area (Å²) in [7, 11) is 0. The number of aryl methyl sites for hydroxylation is 1. The van der Waals surface area contributed by atoms with Crippen molar-refractivity contribution < 1.29 is 14.7 Å². The molecule has 1 amide bonds. The molecule has 2 aromatic rings. The van der Waals surface area contributed by atoms with E-state index in [2.05, 4.69) is 5.32 Å². The molecule has 0 saturated carbocycles. The van der Waals surface area contributed by atoms with Gasteiger partial charge >= 0.3 is 5.97 Å². The Morgan fingerprint density at radius 3 is 2.55 bits per heavy atom. The molecule has 1 heterocycles. The van der Waals surface area contributed by atoms with E-state index in [9.17, 15) is 9.59 Å². The van der Waals surface area contributed by atoms with Gasteiger partial charge in [0.05, 0.1) is 18.4 Å². The lowest BCUT2D eigenvalue weighted by molar-refractivity contribution is -0.137. The lowest BCUT2D eigenvalue weighted by atomic mass is 9.98. The van der Waals surface area contributed by atoms with Gasteiger partial charge in [-0.2, -0.15) is 0 Å². The van der Waals surface area contributed by atoms with Crippen molar-refractivity contribution in [3.63, 3.8) is 0 Å². The van der Waals surface area contributed by atoms with E-state index in [1.807, 2.05) is 55.6 Å². The Hall–Kier alpha value is -2.14. The molecule has 0 aliphatic heterocycles. The van der Waals surface area contributed by atoms with Gasteiger partial charge in [-0.15, -0.1) is 11.3 Å². The van der Waals surface area contributed by atoms with Gasteiger partial charge in [0.1, 0.15) is 0 Å². The number of benzene rings is 1. The molecule has 2 atom stereocenters. The molecule has 0 spiro atoms. The van der Waals surface area contributed by atoms with Gasteiger partial charge in [0, 0.05) is 4.88 Å². The molecule has 1 aromatic heterocycles. The van der Waals surface area contributed by atoms with Crippen LogP contribution in [0.2, 0.25) is 0 Å². The van der Waals surface area contributed by atoms with E-state index in [1.165, 1.54) is 11.3 Å². The predicted octanol–water partition coefficient (Wildman–Crippen LogP) is 3.49. The first-order valence-corrected chi connectivity index (χ1v) is 7.98. The van der Waals surface area contributed by atoms with Crippen molar-refractivity contribution in [2.24, 2.45) is 0 Å². The molecule has 116 valence electrons. The van der Waals surface area contributed by atoms with E-state index in [0.29, 0.717) is 0 Å². The smallest absolute Gasteiger partial charge is 0.305 e. The lowest BCUT2D eigenvalue weighted by Gasteiger charge is -2.21. The molecule has 1 aromatic carbocycles. The van der Waals surface area contributed by atoms with E-state index in [0.717, 1.165) is 16.0 Å². The molecule has 0 aliphatic rings. The standard InChI is InChI=1S/C17H19NO3S/c1-11-6-3-4-7-13(11)14(10-16(19)20)18-17(21)12(2)15-8-5-9-22-15/h3-9,12,14H,10H2,1-2H3,(H,18,21)(H,19,20). The topological polar surface area (TPSA) is 66.4 Å². The van der Waals surface area contributed by atoms with Crippen LogP contribution in [0.1, 0.15) is 41.3 Å². The van der Waals surface area contributed by atoms with Crippen molar-refractivity contribution in [1.82, 2.24) is 5.32 Å². The molecule has 2 rings (SSSR count). The minimum atomic E-state index is -0.933. The molecule has 0 fully saturated rings. The van der Waals surface area contributed by atoms with Gasteiger partial charge in [-0.25, -0.2) is 0 Å². The molecule has 5 heteroatoms. The number of amides is 1. The molecular weight excluding hydrogens is 298 g/mol. The van der Waals surface area contributed by atoms with Crippen molar-refractivity contribution in [2.75, 3.05) is 0 Å². The first-order chi connectivity index (χ1) is 10.5. The molecule has 22 heavy (non-hydrogen) atoms. The Kier molecular flexibility index (Phi) is 5.33. The Labute approximate surface area is 133 Å². The summed E-state index contributed by atoms with van der Waals surface area (Å²) in [6, 6.07) is 10.8. The van der Waals surface area contributed by atoms with E-state index in [-0.39, 0.29) is 18.2 Å². The van der Waals surface area contributed by atoms with Crippen LogP contribution in [0.5, 0.6) is 0 Å². The third-order valence-corrected chi connectivity index (χ3v) is 4.68. The lowest BCUT2D eigenvalue weighted by Crippen LogP contribution is -2.33. The Balaban J connectivity index is 2.18. The SMILES string of the molecule is Cc1ccccc1C(CC(=O)O)NC(=O)C(C)c1cccs1. The van der Waals surface area contributed by atoms with Gasteiger partial charge in [-0.05, 0) is 36.4 Å². The molecule has 0 saturated heterocycles. The van der Waals surface area contributed by atoms with Crippen LogP contribution in [0.15, 0.2) is 41.8 Å². The van der Waals surface area contributed by atoms with E-state index in [1.54, 1.807) is 0 Å². The largest absolute Gasteiger partial charge is 0.481 e. The summed E-state index contributed by atoms with van der Waals surface area (Å²) in [5.41, 5.74) is 1.81. The number of rotatable bonds is 6. The average molecular weight is 317 g/mol. The maximum atomic E-state index is 12.4. The summed E-state index contributed by atoms with van der Waals surface area (Å²) in [6.07, 6.45) is -0.131. The van der Waals surface area contributed by atoms with Gasteiger partial charge in [0.25, 0.3) is 0 Å². The summed E-state index contributed by atoms with van der Waals surface area (Å²) in [5, 5.41) is 13.9. The quantitative estimate of drug-likeness (QED) is 0.857. The van der Waals surface area contributed by atoms with Gasteiger partial charge in [-0.1, -0.05) is 30.3 Å². The van der Waals surface area contributed by atoms with E-state index >= 15 is 0 Å². The van der Waals surface area contributed by atoms with Gasteiger partial charge in [0.2, 0.25) is 5.91 Å². The third-order valence-electron chi connectivity index (χ3n) is 3.62. The maximum Gasteiger partial charge on any atom is 0.305 e. The summed E-state index contributed by atoms with van der Waals surface area (Å²) in [6.45, 7) is 3.75. The van der Waals surface area contributed by atoms with Gasteiger partial charge < -0.3 is 10.4 Å². The number of carboxylic acid groups (broad SMARTS) is 1. The highest BCUT2D eigenvalue weighted by Gasteiger charge is 2.23. The second-order valence-corrected chi connectivity index (χ2v) is 6.23. The van der Waals surface area contributed by atoms with Crippen LogP contribution in [0.3, 0.4) is 0 Å². The summed E-state index contributed by atoms with van der Waals surface area (Å²) < 4.78 is 0. The van der Waals surface area contributed by atoms with Crippen LogP contribution >= 0.6 is 11.3 Å². The number of carbonyl (C=O) groups is 2. The van der Waals surface area contributed by atoms with Crippen LogP contribution in [-0.2, 0) is 9.59 Å². The fourth-order valence-electron chi connectivity index (χ4n) is 2.35. The fourth-order valence-corrected chi connectivity index (χ4v) is 3.14. The Morgan fingerprint density at radius 2 is 1.95 bits per heavy atom. The van der Waals surface area contributed by atoms with Crippen molar-refractivity contribution >= 4 is 23.2 Å². The summed E-state index contributed by atoms with van der Waals surface area (Å²) in [5.74, 6) is -1.38. The Morgan fingerprint density at radius 1 is 1.23 bits per heavy atom. The van der Waals surface area contributed by atoms with Crippen molar-refractivity contribution in [3.8, 4) is 0 Å². The normalized spacial score (nSPS) is 13.4. The van der Waals surface area contributed by atoms with Crippen molar-refractivity contribution in [2.45, 2.75) is 32.2 Å². The molecule has 2 unspecified atom stereocenters. The average Bonchev–Trinajstić information content (AvgIpc) is 3.00. The highest BCUT2D eigenvalue weighted by Crippen LogP contribution is 2.25. The molecule has 4 nitrogen and oxygen atoms in total. The first-order valence-electron chi connectivity index (χ1n) is 7.10. The number of thiophene rings is 1. The second-order valence-electron chi connectivity index (χ2n) is 5.25. The van der Waals surface area contributed by atoms with Crippen LogP contribution in [0.4, 0.5) is 0 Å². The minimum Gasteiger partial charge on any atom is -0.481 e. The maximum absolute atomic E-state index is 12.4. The van der Waals surface area contributed by atoms with Crippen LogP contribution in [0.25, 0.3) is 0 Å². The van der Waals surface area contributed by atoms with E-state index in [4.69, 9.17) is 5.11 Å². The fraction of sp³-hybridized carbons (Fsp3) is 0.294. The predicted molar refractivity (Wildman–Crippen MR) is 87.0 cm³/mol. The zero-order chi connectivity index (χ0) is 16.1. The van der Waals surface area contributed by atoms with Crippen LogP contribution in [-0.4, -0.2) is 17.0 Å². The zero-order valence-electron chi connectivity index (χ0n) is 12.6. The molecule has 0 bridgehead atoms. The number of hydrogen-bond acceptors (Lipinski definition) is 3. The minimum absolute atomic E-state index is 0.131. The molecule has 0 radical (unpaired) electrons. The second kappa shape index (κ2) is 7.22. The first kappa shape index (κ1) is 16.2. The van der Waals surface area contributed by atoms with Crippen molar-refractivity contribution in [3.05, 3.63) is 57.8 Å². The molecule has 0 aliphatic carbocycles. The van der Waals surface area contributed by atoms with Gasteiger partial charge in [-0.3, -0.25) is 9.59 Å². The third kappa shape index (κ3) is 3.95. The highest BCUT2D eigenvalue weighted by molar-refractivity contribution is 7.10. The van der Waals surface area contributed by atoms with Crippen molar-refractivity contribution in [1.29, 1.82) is 0 Å². The number of nitrogens with one attached hydrogen (secondary N) is 1. The summed E-state index contributed by atoms with van der Waals surface area (Å²) in [4.78, 5) is 24.5. The van der Waals surface area contributed by atoms with Crippen LogP contribution < -0.4 is 5.32 Å². The monoisotopic (exact) mass is 317 g/mol. The number of carbonyl (C=O) groups excluding carboxylic acids is 1. The molecular formula is C17H19NO3S. The number of hydrogen-bond donors (Lipinski definition) is 2. The number of carboxylic acids is 1. The molecule has 2 N–H and O–H groups in total. The summed E-state index contributed by atoms with van der Waals surface area (Å²) >= 11 is 1.52. The highest BCUT2D eigenvalue weighted by atomic mass is 32.1. The number of aliphatic carboxylic acids is 1. The zero-order valence-corrected chi connectivity index (χ0v) is 13.4. The van der Waals surface area contributed by atoms with Crippen LogP contribution in [0, 0.1) is 6.92 Å².